The Labute approximate surface area is 419 Å². The number of aromatic hydroxyl groups is 1. The van der Waals surface area contributed by atoms with Crippen molar-refractivity contribution in [3.05, 3.63) is 65.7 Å². The Hall–Kier alpha value is -8.36. The fourth-order valence-corrected chi connectivity index (χ4v) is 6.72. The predicted molar refractivity (Wildman–Crippen MR) is 259 cm³/mol. The number of hydrogen-bond acceptors (Lipinski definition) is 14. The molecule has 0 fully saturated rings. The molecule has 19 N–H and O–H groups in total. The number of nitrogens with zero attached hydrogens (tertiary/aromatic N) is 1. The zero-order valence-electron chi connectivity index (χ0n) is 40.5. The van der Waals surface area contributed by atoms with E-state index in [9.17, 15) is 73.2 Å². The van der Waals surface area contributed by atoms with Crippen molar-refractivity contribution >= 4 is 71.1 Å². The van der Waals surface area contributed by atoms with E-state index >= 15 is 0 Å². The zero-order chi connectivity index (χ0) is 54.9. The number of carbonyl (C=O) groups is 11. The van der Waals surface area contributed by atoms with Crippen LogP contribution in [0, 0.1) is 5.92 Å². The zero-order valence-corrected chi connectivity index (χ0v) is 40.5. The van der Waals surface area contributed by atoms with Gasteiger partial charge in [0.25, 0.3) is 0 Å². The van der Waals surface area contributed by atoms with E-state index in [4.69, 9.17) is 22.9 Å². The molecular weight excluding hydrogens is 961 g/mol. The van der Waals surface area contributed by atoms with Crippen LogP contribution in [0.2, 0.25) is 0 Å². The first-order valence-electron chi connectivity index (χ1n) is 23.0. The standard InChI is InChI=1S/C46H66N12O15/c1-23(2)37(48)44(71)58-33(22-34(47)60)43(70)57-32(21-26-11-13-27(59)14-12-26)42(69)54-28(15-17-35(61)62)39(66)53-29(16-18-36(63)64)40(67)56-31(20-25-8-5-4-6-9-25)41(68)52-24(3)38(65)55-30(45(72)73)10-7-19-51-46(49)50/h4-6,8-9,11-14,23-24,28-33,37,59H,7,10,15-22,48H2,1-3H3,(H2,47,60)(H,52,68)(H,53,66)(H,54,69)(H,55,65)(H,56,67)(H,57,70)(H,58,71)(H,61,62)(H,63,64)(H,72,73)(H4,49,50,51)/t24-,28-,29-,30-,31-,32-,33-,37-/m0/s1. The smallest absolute Gasteiger partial charge is 0.326 e. The number of rotatable bonds is 32. The van der Waals surface area contributed by atoms with Crippen molar-refractivity contribution in [2.45, 2.75) is 127 Å². The Morgan fingerprint density at radius 2 is 0.945 bits per heavy atom. The van der Waals surface area contributed by atoms with Crippen molar-refractivity contribution in [1.82, 2.24) is 37.2 Å². The average Bonchev–Trinajstić information content (AvgIpc) is 3.31. The van der Waals surface area contributed by atoms with Crippen molar-refractivity contribution in [3.8, 4) is 5.75 Å². The molecular formula is C46H66N12O15. The molecule has 0 spiro atoms. The lowest BCUT2D eigenvalue weighted by Gasteiger charge is -2.27. The largest absolute Gasteiger partial charge is 0.508 e. The fourth-order valence-electron chi connectivity index (χ4n) is 6.72. The Bertz CT molecular complexity index is 2290. The number of carbonyl (C=O) groups excluding carboxylic acids is 8. The van der Waals surface area contributed by atoms with Crippen LogP contribution in [0.5, 0.6) is 5.75 Å². The lowest BCUT2D eigenvalue weighted by atomic mass is 10.0. The molecule has 8 amide bonds. The number of benzene rings is 2. The van der Waals surface area contributed by atoms with Crippen LogP contribution < -0.4 is 60.2 Å². The van der Waals surface area contributed by atoms with Gasteiger partial charge in [-0.3, -0.25) is 52.9 Å². The van der Waals surface area contributed by atoms with E-state index in [0.717, 1.165) is 0 Å². The van der Waals surface area contributed by atoms with Crippen LogP contribution in [0.1, 0.15) is 76.8 Å². The third kappa shape index (κ3) is 23.0. The summed E-state index contributed by atoms with van der Waals surface area (Å²) in [5.41, 5.74) is 22.7. The van der Waals surface area contributed by atoms with Crippen LogP contribution in [0.25, 0.3) is 0 Å². The molecule has 0 saturated heterocycles. The van der Waals surface area contributed by atoms with E-state index in [1.165, 1.54) is 31.2 Å². The number of phenolic OH excluding ortho intramolecular Hbond substituents is 1. The molecule has 0 aliphatic carbocycles. The molecule has 0 aliphatic heterocycles. The van der Waals surface area contributed by atoms with E-state index in [-0.39, 0.29) is 43.9 Å². The monoisotopic (exact) mass is 1030 g/mol. The highest BCUT2D eigenvalue weighted by Crippen LogP contribution is 2.14. The minimum Gasteiger partial charge on any atom is -0.508 e. The molecule has 8 atom stereocenters. The maximum Gasteiger partial charge on any atom is 0.326 e. The first-order chi connectivity index (χ1) is 34.3. The summed E-state index contributed by atoms with van der Waals surface area (Å²) in [6, 6.07) is 1.14. The fraction of sp³-hybridized carbons (Fsp3) is 0.478. The number of amides is 8. The summed E-state index contributed by atoms with van der Waals surface area (Å²) >= 11 is 0. The van der Waals surface area contributed by atoms with Crippen molar-refractivity contribution < 1.29 is 73.2 Å². The number of aliphatic imine (C=N–C) groups is 1. The van der Waals surface area contributed by atoms with Crippen LogP contribution in [-0.4, -0.2) is 146 Å². The van der Waals surface area contributed by atoms with Crippen molar-refractivity contribution in [2.75, 3.05) is 6.54 Å². The van der Waals surface area contributed by atoms with E-state index in [0.29, 0.717) is 11.1 Å². The molecule has 2 aromatic rings. The molecule has 27 nitrogen and oxygen atoms in total. The summed E-state index contributed by atoms with van der Waals surface area (Å²) < 4.78 is 0. The predicted octanol–water partition coefficient (Wildman–Crippen LogP) is -3.68. The van der Waals surface area contributed by atoms with Gasteiger partial charge in [-0.2, -0.15) is 0 Å². The lowest BCUT2D eigenvalue weighted by Crippen LogP contribution is -2.60. The van der Waals surface area contributed by atoms with Gasteiger partial charge >= 0.3 is 17.9 Å². The van der Waals surface area contributed by atoms with Crippen LogP contribution in [-0.2, 0) is 65.6 Å². The molecule has 0 heterocycles. The number of carboxylic acid groups (broad SMARTS) is 3. The van der Waals surface area contributed by atoms with Crippen LogP contribution in [0.15, 0.2) is 59.6 Å². The third-order valence-corrected chi connectivity index (χ3v) is 10.9. The number of carboxylic acids is 3. The highest BCUT2D eigenvalue weighted by molar-refractivity contribution is 5.98. The molecule has 400 valence electrons. The number of nitrogens with two attached hydrogens (primary N) is 4. The van der Waals surface area contributed by atoms with Gasteiger partial charge in [-0.25, -0.2) is 4.79 Å². The molecule has 2 aromatic carbocycles. The third-order valence-electron chi connectivity index (χ3n) is 10.9. The summed E-state index contributed by atoms with van der Waals surface area (Å²) in [5.74, 6) is -13.3. The van der Waals surface area contributed by atoms with Crippen molar-refractivity contribution in [1.29, 1.82) is 0 Å². The molecule has 0 aliphatic rings. The highest BCUT2D eigenvalue weighted by Gasteiger charge is 2.35. The summed E-state index contributed by atoms with van der Waals surface area (Å²) in [6.07, 6.45) is -3.97. The molecule has 0 bridgehead atoms. The SMILES string of the molecule is CC(C)[C@H](N)C(=O)N[C@@H](CC(N)=O)C(=O)N[C@@H](Cc1ccc(O)cc1)C(=O)N[C@@H](CCC(=O)O)C(=O)N[C@@H](CCC(=O)O)C(=O)N[C@@H](Cc1ccccc1)C(=O)N[C@@H](C)C(=O)N[C@@H](CCCN=C(N)N)C(=O)O. The second kappa shape index (κ2) is 30.4. The lowest BCUT2D eigenvalue weighted by molar-refractivity contribution is -0.142. The van der Waals surface area contributed by atoms with Crippen molar-refractivity contribution in [3.63, 3.8) is 0 Å². The van der Waals surface area contributed by atoms with Crippen LogP contribution in [0.4, 0.5) is 0 Å². The van der Waals surface area contributed by atoms with Gasteiger partial charge in [0.05, 0.1) is 12.5 Å². The maximum atomic E-state index is 14.1. The second-order valence-electron chi connectivity index (χ2n) is 17.2. The van der Waals surface area contributed by atoms with Gasteiger partial charge in [0.15, 0.2) is 5.96 Å². The van der Waals surface area contributed by atoms with Gasteiger partial charge in [-0.15, -0.1) is 0 Å². The van der Waals surface area contributed by atoms with E-state index in [1.807, 2.05) is 0 Å². The molecule has 0 unspecified atom stereocenters. The number of guanidine groups is 1. The highest BCUT2D eigenvalue weighted by atomic mass is 16.4. The molecule has 0 aromatic heterocycles. The number of phenols is 1. The molecule has 73 heavy (non-hydrogen) atoms. The summed E-state index contributed by atoms with van der Waals surface area (Å²) in [4.78, 5) is 147. The normalized spacial score (nSPS) is 14.2. The van der Waals surface area contributed by atoms with Crippen LogP contribution in [0.3, 0.4) is 0 Å². The van der Waals surface area contributed by atoms with Crippen LogP contribution >= 0.6 is 0 Å². The van der Waals surface area contributed by atoms with Gasteiger partial charge in [0.1, 0.15) is 48.0 Å². The molecule has 2 rings (SSSR count). The Morgan fingerprint density at radius 3 is 1.40 bits per heavy atom. The number of primary amides is 1. The van der Waals surface area contributed by atoms with Gasteiger partial charge in [0.2, 0.25) is 47.3 Å². The van der Waals surface area contributed by atoms with E-state index in [2.05, 4.69) is 42.2 Å². The first kappa shape index (κ1) is 60.8. The summed E-state index contributed by atoms with van der Waals surface area (Å²) in [6.45, 7) is 4.57. The first-order valence-corrected chi connectivity index (χ1v) is 23.0. The minimum atomic E-state index is -1.81. The molecule has 0 radical (unpaired) electrons. The topological polar surface area (TPSA) is 469 Å². The number of nitrogens with one attached hydrogen (secondary N) is 7. The number of aliphatic carboxylic acids is 3. The van der Waals surface area contributed by atoms with E-state index < -0.39 is 152 Å². The Balaban J connectivity index is 2.48. The maximum absolute atomic E-state index is 14.1. The van der Waals surface area contributed by atoms with Crippen molar-refractivity contribution in [2.24, 2.45) is 33.8 Å². The Morgan fingerprint density at radius 1 is 0.521 bits per heavy atom. The number of hydrogen-bond donors (Lipinski definition) is 15. The average molecular weight is 1030 g/mol. The van der Waals surface area contributed by atoms with Gasteiger partial charge < -0.3 is 80.6 Å². The Kier molecular flexibility index (Phi) is 25.3. The molecule has 27 heteroatoms. The molecule has 0 saturated carbocycles. The second-order valence-corrected chi connectivity index (χ2v) is 17.2. The quantitative estimate of drug-likeness (QED) is 0.0191. The van der Waals surface area contributed by atoms with Gasteiger partial charge in [-0.05, 0) is 61.8 Å². The summed E-state index contributed by atoms with van der Waals surface area (Å²) in [7, 11) is 0. The van der Waals surface area contributed by atoms with E-state index in [1.54, 1.807) is 44.2 Å². The van der Waals surface area contributed by atoms with Gasteiger partial charge in [-0.1, -0.05) is 56.3 Å². The minimum absolute atomic E-state index is 0.0718. The summed E-state index contributed by atoms with van der Waals surface area (Å²) in [5, 5.41) is 55.3. The van der Waals surface area contributed by atoms with Gasteiger partial charge in [0, 0.05) is 32.2 Å².